The van der Waals surface area contributed by atoms with Gasteiger partial charge in [-0.05, 0) is 37.2 Å². The number of halogens is 2. The van der Waals surface area contributed by atoms with E-state index in [1.807, 2.05) is 22.9 Å². The first-order valence-corrected chi connectivity index (χ1v) is 12.5. The highest BCUT2D eigenvalue weighted by Crippen LogP contribution is 2.34. The molecule has 2 N–H and O–H groups in total. The molecule has 2 aliphatic heterocycles. The fraction of sp³-hybridized carbons (Fsp3) is 0.385. The number of nitrogens with zero attached hydrogens (tertiary/aromatic N) is 7. The second-order valence-corrected chi connectivity index (χ2v) is 9.75. The number of benzene rings is 1. The highest BCUT2D eigenvalue weighted by atomic mass is 19.1. The molecule has 3 aromatic heterocycles. The number of fused-ring (bicyclic) bond motifs is 3. The third kappa shape index (κ3) is 4.65. The number of aliphatic hydroxyl groups is 1. The van der Waals surface area contributed by atoms with E-state index in [-0.39, 0.29) is 35.4 Å². The zero-order valence-corrected chi connectivity index (χ0v) is 20.5. The van der Waals surface area contributed by atoms with Crippen LogP contribution in [0.5, 0.6) is 0 Å². The number of hydrogen-bond acceptors (Lipinski definition) is 8. The number of aryl methyl sites for hydroxylation is 1. The summed E-state index contributed by atoms with van der Waals surface area (Å²) in [5, 5.41) is 12.8. The van der Waals surface area contributed by atoms with Crippen molar-refractivity contribution in [3.63, 3.8) is 0 Å². The maximum atomic E-state index is 15.0. The Bertz CT molecular complexity index is 1430. The van der Waals surface area contributed by atoms with Crippen LogP contribution < -0.4 is 5.32 Å². The first-order chi connectivity index (χ1) is 18.0. The normalized spacial score (nSPS) is 18.4. The van der Waals surface area contributed by atoms with Crippen LogP contribution in [0.2, 0.25) is 0 Å². The van der Waals surface area contributed by atoms with Gasteiger partial charge in [0.25, 0.3) is 0 Å². The number of rotatable bonds is 6. The Morgan fingerprint density at radius 3 is 2.62 bits per heavy atom. The standard InChI is InChI=1S/C26H28F2N8O/c1-34-6-8-35(9-7-34)14-16-2-4-22(29-12-16)31-26-30-13-20(28)24(33-26)17-10-19(27)25-21(11-17)36-18(15-37)3-5-23(36)32-25/h2,4,10-13,18,37H,3,5-9,14-15H2,1H3,(H,29,30,31,33)/t18-/m0/s1. The Kier molecular flexibility index (Phi) is 6.27. The second kappa shape index (κ2) is 9.73. The molecule has 1 fully saturated rings. The van der Waals surface area contributed by atoms with E-state index in [0.717, 1.165) is 56.7 Å². The van der Waals surface area contributed by atoms with E-state index in [2.05, 4.69) is 42.1 Å². The second-order valence-electron chi connectivity index (χ2n) is 9.75. The first kappa shape index (κ1) is 23.8. The fourth-order valence-corrected chi connectivity index (χ4v) is 5.12. The van der Waals surface area contributed by atoms with Crippen LogP contribution in [0.15, 0.2) is 36.7 Å². The number of aliphatic hydroxyl groups excluding tert-OH is 1. The maximum Gasteiger partial charge on any atom is 0.229 e. The third-order valence-electron chi connectivity index (χ3n) is 7.18. The summed E-state index contributed by atoms with van der Waals surface area (Å²) in [5.41, 5.74) is 2.08. The molecule has 0 amide bonds. The molecule has 2 aliphatic rings. The van der Waals surface area contributed by atoms with Gasteiger partial charge in [0.05, 0.1) is 24.4 Å². The summed E-state index contributed by atoms with van der Waals surface area (Å²) >= 11 is 0. The van der Waals surface area contributed by atoms with E-state index < -0.39 is 11.6 Å². The topological polar surface area (TPSA) is 95.2 Å². The lowest BCUT2D eigenvalue weighted by Gasteiger charge is -2.32. The minimum atomic E-state index is -0.667. The van der Waals surface area contributed by atoms with Gasteiger partial charge >= 0.3 is 0 Å². The Balaban J connectivity index is 1.24. The molecule has 1 saturated heterocycles. The van der Waals surface area contributed by atoms with E-state index in [4.69, 9.17) is 0 Å². The van der Waals surface area contributed by atoms with Crippen molar-refractivity contribution in [2.24, 2.45) is 0 Å². The average Bonchev–Trinajstić information content (AvgIpc) is 3.48. The summed E-state index contributed by atoms with van der Waals surface area (Å²) in [6.45, 7) is 4.93. The van der Waals surface area contributed by atoms with Gasteiger partial charge in [-0.15, -0.1) is 0 Å². The van der Waals surface area contributed by atoms with Gasteiger partial charge in [-0.1, -0.05) is 6.07 Å². The molecule has 192 valence electrons. The predicted molar refractivity (Wildman–Crippen MR) is 135 cm³/mol. The molecule has 1 atom stereocenters. The molecule has 0 radical (unpaired) electrons. The van der Waals surface area contributed by atoms with Crippen LogP contribution >= 0.6 is 0 Å². The van der Waals surface area contributed by atoms with E-state index >= 15 is 0 Å². The Labute approximate surface area is 212 Å². The van der Waals surface area contributed by atoms with Gasteiger partial charge in [0.15, 0.2) is 11.6 Å². The first-order valence-electron chi connectivity index (χ1n) is 12.5. The van der Waals surface area contributed by atoms with Crippen LogP contribution in [0.25, 0.3) is 22.3 Å². The number of likely N-dealkylation sites (N-methyl/N-ethyl adjacent to an activating group) is 1. The summed E-state index contributed by atoms with van der Waals surface area (Å²) in [4.78, 5) is 22.0. The van der Waals surface area contributed by atoms with Gasteiger partial charge in [-0.2, -0.15) is 0 Å². The van der Waals surface area contributed by atoms with Gasteiger partial charge in [0.2, 0.25) is 5.95 Å². The summed E-state index contributed by atoms with van der Waals surface area (Å²) in [5.74, 6) is 0.178. The number of nitrogens with one attached hydrogen (secondary N) is 1. The van der Waals surface area contributed by atoms with E-state index in [1.165, 1.54) is 6.07 Å². The fourth-order valence-electron chi connectivity index (χ4n) is 5.12. The molecule has 0 unspecified atom stereocenters. The van der Waals surface area contributed by atoms with E-state index in [9.17, 15) is 13.9 Å². The van der Waals surface area contributed by atoms with Crippen LogP contribution in [0, 0.1) is 11.6 Å². The van der Waals surface area contributed by atoms with Crippen LogP contribution in [-0.2, 0) is 13.0 Å². The van der Waals surface area contributed by atoms with Crippen molar-refractivity contribution in [1.29, 1.82) is 0 Å². The molecular formula is C26H28F2N8O. The molecule has 1 aromatic carbocycles. The summed E-state index contributed by atoms with van der Waals surface area (Å²) in [6, 6.07) is 6.57. The van der Waals surface area contributed by atoms with Crippen molar-refractivity contribution >= 4 is 22.8 Å². The van der Waals surface area contributed by atoms with Crippen LogP contribution in [-0.4, -0.2) is 79.2 Å². The number of aromatic nitrogens is 5. The largest absolute Gasteiger partial charge is 0.394 e. The monoisotopic (exact) mass is 506 g/mol. The van der Waals surface area contributed by atoms with Crippen molar-refractivity contribution in [2.75, 3.05) is 45.2 Å². The Hall–Kier alpha value is -3.54. The smallest absolute Gasteiger partial charge is 0.229 e. The zero-order valence-electron chi connectivity index (χ0n) is 20.5. The van der Waals surface area contributed by atoms with Crippen LogP contribution in [0.3, 0.4) is 0 Å². The highest BCUT2D eigenvalue weighted by Gasteiger charge is 2.27. The molecule has 5 heterocycles. The van der Waals surface area contributed by atoms with Gasteiger partial charge < -0.3 is 19.9 Å². The van der Waals surface area contributed by atoms with Crippen LogP contribution in [0.4, 0.5) is 20.5 Å². The number of hydrogen-bond donors (Lipinski definition) is 2. The summed E-state index contributed by atoms with van der Waals surface area (Å²) < 4.78 is 31.6. The van der Waals surface area contributed by atoms with Crippen molar-refractivity contribution in [1.82, 2.24) is 34.3 Å². The molecule has 0 aliphatic carbocycles. The SMILES string of the molecule is CN1CCN(Cc2ccc(Nc3ncc(F)c(-c4cc(F)c5nc6n(c5c4)[C@H](CO)CC6)n3)nc2)CC1. The predicted octanol–water partition coefficient (Wildman–Crippen LogP) is 3.14. The molecular weight excluding hydrogens is 478 g/mol. The maximum absolute atomic E-state index is 15.0. The molecule has 0 spiro atoms. The lowest BCUT2D eigenvalue weighted by Crippen LogP contribution is -2.43. The van der Waals surface area contributed by atoms with E-state index in [1.54, 1.807) is 6.07 Å². The van der Waals surface area contributed by atoms with Crippen LogP contribution in [0.1, 0.15) is 23.9 Å². The molecule has 11 heteroatoms. The van der Waals surface area contributed by atoms with Crippen molar-refractivity contribution in [3.05, 3.63) is 59.7 Å². The minimum absolute atomic E-state index is 0.0286. The van der Waals surface area contributed by atoms with Crippen molar-refractivity contribution < 1.29 is 13.9 Å². The Morgan fingerprint density at radius 1 is 1.03 bits per heavy atom. The molecule has 37 heavy (non-hydrogen) atoms. The van der Waals surface area contributed by atoms with Gasteiger partial charge in [0.1, 0.15) is 22.9 Å². The van der Waals surface area contributed by atoms with Crippen molar-refractivity contribution in [2.45, 2.75) is 25.4 Å². The molecule has 0 saturated carbocycles. The number of imidazole rings is 1. The minimum Gasteiger partial charge on any atom is -0.394 e. The zero-order chi connectivity index (χ0) is 25.5. The van der Waals surface area contributed by atoms with Gasteiger partial charge in [0, 0.05) is 50.9 Å². The number of anilines is 2. The van der Waals surface area contributed by atoms with Crippen molar-refractivity contribution in [3.8, 4) is 11.3 Å². The molecule has 0 bridgehead atoms. The number of pyridine rings is 1. The Morgan fingerprint density at radius 2 is 1.86 bits per heavy atom. The molecule has 4 aromatic rings. The number of piperazine rings is 1. The average molecular weight is 507 g/mol. The van der Waals surface area contributed by atoms with Gasteiger partial charge in [-0.25, -0.2) is 28.7 Å². The molecule has 9 nitrogen and oxygen atoms in total. The summed E-state index contributed by atoms with van der Waals surface area (Å²) in [6.07, 6.45) is 4.27. The quantitative estimate of drug-likeness (QED) is 0.412. The lowest BCUT2D eigenvalue weighted by molar-refractivity contribution is 0.148. The van der Waals surface area contributed by atoms with E-state index in [0.29, 0.717) is 17.8 Å². The third-order valence-corrected chi connectivity index (χ3v) is 7.18. The highest BCUT2D eigenvalue weighted by molar-refractivity contribution is 5.83. The summed E-state index contributed by atoms with van der Waals surface area (Å²) in [7, 11) is 2.13. The van der Waals surface area contributed by atoms with Gasteiger partial charge in [-0.3, -0.25) is 4.90 Å². The lowest BCUT2D eigenvalue weighted by atomic mass is 10.1. The molecule has 6 rings (SSSR count).